The first-order valence-electron chi connectivity index (χ1n) is 31.0. The maximum Gasteiger partial charge on any atom is 0.0720 e. The van der Waals surface area contributed by atoms with Gasteiger partial charge in [0.25, 0.3) is 0 Å². The van der Waals surface area contributed by atoms with Crippen molar-refractivity contribution in [1.29, 1.82) is 0 Å². The summed E-state index contributed by atoms with van der Waals surface area (Å²) in [5.41, 5.74) is 29.7. The first-order chi connectivity index (χ1) is 41.8. The molecule has 0 nitrogen and oxygen atoms in total. The molecule has 1 aromatic heterocycles. The van der Waals surface area contributed by atoms with Crippen LogP contribution < -0.4 is 0 Å². The molecule has 15 rings (SSSR count). The van der Waals surface area contributed by atoms with Crippen molar-refractivity contribution < 1.29 is 0 Å². The van der Waals surface area contributed by atoms with Crippen LogP contribution in [-0.4, -0.2) is 0 Å². The van der Waals surface area contributed by atoms with Crippen molar-refractivity contribution in [2.45, 2.75) is 88.9 Å². The van der Waals surface area contributed by atoms with E-state index in [-0.39, 0.29) is 22.7 Å². The highest BCUT2D eigenvalue weighted by Gasteiger charge is 2.59. The first kappa shape index (κ1) is 53.8. The second-order valence-corrected chi connectivity index (χ2v) is 27.8. The summed E-state index contributed by atoms with van der Waals surface area (Å²) in [7, 11) is 0. The Morgan fingerprint density at radius 1 is 0.326 bits per heavy atom. The molecule has 3 aliphatic rings. The predicted octanol–water partition coefficient (Wildman–Crippen LogP) is 22.3. The summed E-state index contributed by atoms with van der Waals surface area (Å²) in [4.78, 5) is 2.59. The summed E-state index contributed by atoms with van der Waals surface area (Å²) in [6.45, 7) is 16.6. The van der Waals surface area contributed by atoms with Crippen LogP contribution in [-0.2, 0) is 34.5 Å². The molecule has 3 aliphatic carbocycles. The quantitative estimate of drug-likeness (QED) is 0.128. The average molecular weight is 1130 g/mol. The number of rotatable bonds is 10. The molecule has 2 atom stereocenters. The van der Waals surface area contributed by atoms with Crippen molar-refractivity contribution in [2.75, 3.05) is 0 Å². The fraction of sp³-hybridized carbons (Fsp3) is 0.176. The van der Waals surface area contributed by atoms with Crippen molar-refractivity contribution in [3.63, 3.8) is 0 Å². The van der Waals surface area contributed by atoms with E-state index in [0.29, 0.717) is 0 Å². The maximum atomic E-state index is 2.61. The standard InChI is InChI=1S/C85H72S/c1-55(57-41-43-61(44-42-57)80-48-47-79(86-80)60-25-12-9-13-26-60)63(49-56-37-39-59(40-38-56)65-51-64(58-23-10-8-11-24-58)52-67(53-65)83(5,6)7)50-62-27-22-36-77-81(62)70-46-45-66(82(2,3)4)54-78(70)85(77)75-34-20-18-32-73(75)84(74-33-19-21-35-76(74)85)71-30-16-14-28-68(71)69-29-15-17-31-72(69)84/h8-48,51-55,63H,49-50H2,1-7H3. The molecule has 1 heterocycles. The van der Waals surface area contributed by atoms with Gasteiger partial charge in [0.1, 0.15) is 0 Å². The molecule has 0 N–H and O–H groups in total. The average Bonchev–Trinajstić information content (AvgIpc) is 1.41. The second kappa shape index (κ2) is 20.7. The van der Waals surface area contributed by atoms with Crippen molar-refractivity contribution in [3.8, 4) is 65.4 Å². The maximum absolute atomic E-state index is 2.61. The van der Waals surface area contributed by atoms with Gasteiger partial charge in [-0.2, -0.15) is 0 Å². The lowest BCUT2D eigenvalue weighted by atomic mass is 9.52. The Balaban J connectivity index is 0.879. The zero-order valence-electron chi connectivity index (χ0n) is 50.5. The minimum atomic E-state index is -0.577. The van der Waals surface area contributed by atoms with E-state index in [1.165, 1.54) is 138 Å². The normalized spacial score (nSPS) is 14.6. The monoisotopic (exact) mass is 1120 g/mol. The van der Waals surface area contributed by atoms with Crippen LogP contribution in [0.25, 0.3) is 65.4 Å². The Labute approximate surface area is 513 Å². The van der Waals surface area contributed by atoms with Gasteiger partial charge in [-0.1, -0.05) is 303 Å². The van der Waals surface area contributed by atoms with Gasteiger partial charge in [0.2, 0.25) is 0 Å². The van der Waals surface area contributed by atoms with Crippen molar-refractivity contribution in [3.05, 3.63) is 345 Å². The molecule has 418 valence electrons. The SMILES string of the molecule is CC(c1ccc(-c2ccc(-c3ccccc3)s2)cc1)C(Cc1ccc(-c2cc(-c3ccccc3)cc(C(C)(C)C)c2)cc1)Cc1cccc2c1-c1ccc(C(C)(C)C)cc1C21c2ccccc2C2(c3ccccc3-c3ccccc32)c2ccccc21. The van der Waals surface area contributed by atoms with Gasteiger partial charge in [0.05, 0.1) is 10.8 Å². The first-order valence-corrected chi connectivity index (χ1v) is 31.8. The molecule has 1 heteroatoms. The van der Waals surface area contributed by atoms with Crippen molar-refractivity contribution in [2.24, 2.45) is 5.92 Å². The number of hydrogen-bond acceptors (Lipinski definition) is 1. The summed E-state index contributed by atoms with van der Waals surface area (Å²) in [6, 6.07) is 105. The van der Waals surface area contributed by atoms with Crippen LogP contribution in [0.4, 0.5) is 0 Å². The van der Waals surface area contributed by atoms with Crippen LogP contribution in [0.15, 0.2) is 273 Å². The van der Waals surface area contributed by atoms with Crippen molar-refractivity contribution in [1.82, 2.24) is 0 Å². The van der Waals surface area contributed by atoms with Gasteiger partial charge in [0.15, 0.2) is 0 Å². The van der Waals surface area contributed by atoms with Crippen molar-refractivity contribution >= 4 is 11.3 Å². The zero-order chi connectivity index (χ0) is 58.5. The third-order valence-corrected chi connectivity index (χ3v) is 21.0. The van der Waals surface area contributed by atoms with E-state index in [2.05, 4.69) is 321 Å². The summed E-state index contributed by atoms with van der Waals surface area (Å²) in [5.74, 6) is 0.518. The lowest BCUT2D eigenvalue weighted by Crippen LogP contribution is -2.43. The number of thiophene rings is 1. The molecule has 0 amide bonds. The van der Waals surface area contributed by atoms with E-state index in [4.69, 9.17) is 0 Å². The van der Waals surface area contributed by atoms with Gasteiger partial charge in [0, 0.05) is 9.75 Å². The van der Waals surface area contributed by atoms with Gasteiger partial charge >= 0.3 is 0 Å². The van der Waals surface area contributed by atoms with E-state index in [1.54, 1.807) is 0 Å². The molecular weight excluding hydrogens is 1050 g/mol. The zero-order valence-corrected chi connectivity index (χ0v) is 51.3. The van der Waals surface area contributed by atoms with E-state index < -0.39 is 10.8 Å². The van der Waals surface area contributed by atoms with Crippen LogP contribution in [0, 0.1) is 5.92 Å². The van der Waals surface area contributed by atoms with E-state index >= 15 is 0 Å². The van der Waals surface area contributed by atoms with Gasteiger partial charge in [-0.3, -0.25) is 0 Å². The van der Waals surface area contributed by atoms with Gasteiger partial charge < -0.3 is 0 Å². The third-order valence-electron chi connectivity index (χ3n) is 19.8. The third kappa shape index (κ3) is 8.60. The van der Waals surface area contributed by atoms with E-state index in [1.807, 2.05) is 11.3 Å². The fourth-order valence-corrected chi connectivity index (χ4v) is 16.4. The molecule has 0 bridgehead atoms. The molecule has 0 radical (unpaired) electrons. The number of hydrogen-bond donors (Lipinski definition) is 0. The topological polar surface area (TPSA) is 0 Å². The number of fused-ring (bicyclic) bond motifs is 16. The fourth-order valence-electron chi connectivity index (χ4n) is 15.4. The van der Waals surface area contributed by atoms with E-state index in [0.717, 1.165) is 12.8 Å². The van der Waals surface area contributed by atoms with Crippen LogP contribution in [0.1, 0.15) is 127 Å². The molecule has 0 fully saturated rings. The van der Waals surface area contributed by atoms with E-state index in [9.17, 15) is 0 Å². The summed E-state index contributed by atoms with van der Waals surface area (Å²) in [5, 5.41) is 0. The molecule has 11 aromatic carbocycles. The lowest BCUT2D eigenvalue weighted by Gasteiger charge is -2.49. The number of benzene rings is 11. The largest absolute Gasteiger partial charge is 0.135 e. The molecular formula is C85H72S. The molecule has 0 aliphatic heterocycles. The Bertz CT molecular complexity index is 4440. The Hall–Kier alpha value is -8.88. The molecule has 2 unspecified atom stereocenters. The summed E-state index contributed by atoms with van der Waals surface area (Å²) in [6.07, 6.45) is 1.85. The second-order valence-electron chi connectivity index (χ2n) is 26.8. The Morgan fingerprint density at radius 2 is 0.779 bits per heavy atom. The molecule has 86 heavy (non-hydrogen) atoms. The molecule has 0 saturated carbocycles. The van der Waals surface area contributed by atoms with Gasteiger partial charge in [-0.15, -0.1) is 11.3 Å². The molecule has 12 aromatic rings. The lowest BCUT2D eigenvalue weighted by molar-refractivity contribution is 0.441. The van der Waals surface area contributed by atoms with Crippen LogP contribution in [0.2, 0.25) is 0 Å². The van der Waals surface area contributed by atoms with Gasteiger partial charge in [-0.05, 0) is 182 Å². The van der Waals surface area contributed by atoms with Gasteiger partial charge in [-0.25, -0.2) is 0 Å². The highest BCUT2D eigenvalue weighted by atomic mass is 32.1. The van der Waals surface area contributed by atoms with Crippen LogP contribution in [0.3, 0.4) is 0 Å². The van der Waals surface area contributed by atoms with Crippen LogP contribution in [0.5, 0.6) is 0 Å². The highest BCUT2D eigenvalue weighted by Crippen LogP contribution is 2.68. The predicted molar refractivity (Wildman–Crippen MR) is 364 cm³/mol. The molecule has 2 spiro atoms. The smallest absolute Gasteiger partial charge is 0.0720 e. The summed E-state index contributed by atoms with van der Waals surface area (Å²) < 4.78 is 0. The highest BCUT2D eigenvalue weighted by molar-refractivity contribution is 7.18. The summed E-state index contributed by atoms with van der Waals surface area (Å²) >= 11 is 1.87. The Morgan fingerprint density at radius 3 is 1.33 bits per heavy atom. The molecule has 0 saturated heterocycles. The minimum absolute atomic E-state index is 0.00289. The minimum Gasteiger partial charge on any atom is -0.135 e. The van der Waals surface area contributed by atoms with Crippen LogP contribution >= 0.6 is 11.3 Å². The Kier molecular flexibility index (Phi) is 12.9.